The highest BCUT2D eigenvalue weighted by Gasteiger charge is 2.03. The van der Waals surface area contributed by atoms with Crippen molar-refractivity contribution in [3.63, 3.8) is 0 Å². The van der Waals surface area contributed by atoms with Crippen LogP contribution in [0.3, 0.4) is 0 Å². The highest BCUT2D eigenvalue weighted by atomic mass is 79.9. The Morgan fingerprint density at radius 1 is 1.30 bits per heavy atom. The molecule has 0 amide bonds. The van der Waals surface area contributed by atoms with E-state index in [4.69, 9.17) is 0 Å². The molecule has 0 saturated carbocycles. The summed E-state index contributed by atoms with van der Waals surface area (Å²) in [5, 5.41) is 6.51. The van der Waals surface area contributed by atoms with Crippen LogP contribution in [-0.4, -0.2) is 24.1 Å². The van der Waals surface area contributed by atoms with Crippen molar-refractivity contribution >= 4 is 21.9 Å². The lowest BCUT2D eigenvalue weighted by Crippen LogP contribution is -2.37. The smallest absolute Gasteiger partial charge is 0.191 e. The van der Waals surface area contributed by atoms with Crippen LogP contribution in [0.25, 0.3) is 0 Å². The van der Waals surface area contributed by atoms with Gasteiger partial charge in [0.15, 0.2) is 5.96 Å². The summed E-state index contributed by atoms with van der Waals surface area (Å²) in [7, 11) is 3.74. The number of hydrogen-bond acceptors (Lipinski definition) is 1. The van der Waals surface area contributed by atoms with Gasteiger partial charge in [0.2, 0.25) is 0 Å². The van der Waals surface area contributed by atoms with Gasteiger partial charge in [-0.1, -0.05) is 22.0 Å². The molecule has 1 heterocycles. The predicted octanol–water partition coefficient (Wildman–Crippen LogP) is 3.22. The van der Waals surface area contributed by atoms with E-state index in [1.54, 1.807) is 7.05 Å². The van der Waals surface area contributed by atoms with Gasteiger partial charge in [0.25, 0.3) is 0 Å². The largest absolute Gasteiger partial charge is 0.357 e. The fourth-order valence-corrected chi connectivity index (χ4v) is 2.62. The zero-order valence-electron chi connectivity index (χ0n) is 13.4. The van der Waals surface area contributed by atoms with E-state index in [0.717, 1.165) is 35.5 Å². The normalized spacial score (nSPS) is 11.6. The van der Waals surface area contributed by atoms with E-state index in [9.17, 15) is 4.39 Å². The SMILES string of the molecule is CN=C(NCCCc1ccc(Br)cc1F)NCc1ccn(C)c1. The van der Waals surface area contributed by atoms with Crippen LogP contribution in [0.2, 0.25) is 0 Å². The van der Waals surface area contributed by atoms with Crippen LogP contribution in [0.4, 0.5) is 4.39 Å². The van der Waals surface area contributed by atoms with Crippen molar-refractivity contribution in [3.8, 4) is 0 Å². The molecule has 0 spiro atoms. The lowest BCUT2D eigenvalue weighted by molar-refractivity contribution is 0.602. The topological polar surface area (TPSA) is 41.4 Å². The number of aromatic nitrogens is 1. The Bertz CT molecular complexity index is 666. The highest BCUT2D eigenvalue weighted by molar-refractivity contribution is 9.10. The van der Waals surface area contributed by atoms with Gasteiger partial charge in [-0.2, -0.15) is 0 Å². The number of nitrogens with zero attached hydrogens (tertiary/aromatic N) is 2. The van der Waals surface area contributed by atoms with Gasteiger partial charge in [0, 0.05) is 44.1 Å². The van der Waals surface area contributed by atoms with Crippen LogP contribution >= 0.6 is 15.9 Å². The molecule has 0 unspecified atom stereocenters. The summed E-state index contributed by atoms with van der Waals surface area (Å²) in [6.07, 6.45) is 5.61. The molecule has 2 aromatic rings. The molecule has 0 fully saturated rings. The lowest BCUT2D eigenvalue weighted by Gasteiger charge is -2.11. The molecule has 23 heavy (non-hydrogen) atoms. The van der Waals surface area contributed by atoms with Gasteiger partial charge in [-0.15, -0.1) is 0 Å². The zero-order valence-corrected chi connectivity index (χ0v) is 15.0. The second kappa shape index (κ2) is 8.72. The summed E-state index contributed by atoms with van der Waals surface area (Å²) in [6.45, 7) is 1.46. The first-order valence-electron chi connectivity index (χ1n) is 7.58. The number of rotatable bonds is 6. The molecular formula is C17H22BrFN4. The zero-order chi connectivity index (χ0) is 16.7. The Labute approximate surface area is 144 Å². The van der Waals surface area contributed by atoms with Crippen molar-refractivity contribution in [3.05, 3.63) is 58.1 Å². The second-order valence-corrected chi connectivity index (χ2v) is 6.29. The van der Waals surface area contributed by atoms with E-state index in [-0.39, 0.29) is 5.82 Å². The van der Waals surface area contributed by atoms with E-state index in [0.29, 0.717) is 6.42 Å². The van der Waals surface area contributed by atoms with E-state index in [2.05, 4.69) is 43.8 Å². The standard InChI is InChI=1S/C17H22BrFN4/c1-20-17(22-11-13-7-9-23(2)12-13)21-8-3-4-14-5-6-15(18)10-16(14)19/h5-7,9-10,12H,3-4,8,11H2,1-2H3,(H2,20,21,22). The molecule has 0 aliphatic heterocycles. The monoisotopic (exact) mass is 380 g/mol. The van der Waals surface area contributed by atoms with Crippen LogP contribution < -0.4 is 10.6 Å². The molecule has 1 aromatic heterocycles. The molecule has 2 rings (SSSR count). The second-order valence-electron chi connectivity index (χ2n) is 5.38. The number of guanidine groups is 1. The molecule has 0 aliphatic carbocycles. The Hall–Kier alpha value is -1.82. The van der Waals surface area contributed by atoms with E-state index in [1.165, 1.54) is 11.6 Å². The first-order chi connectivity index (χ1) is 11.1. The summed E-state index contributed by atoms with van der Waals surface area (Å²) >= 11 is 3.27. The van der Waals surface area contributed by atoms with Crippen molar-refractivity contribution in [1.82, 2.24) is 15.2 Å². The van der Waals surface area contributed by atoms with Gasteiger partial charge in [0.1, 0.15) is 5.82 Å². The molecule has 0 aliphatic rings. The summed E-state index contributed by atoms with van der Waals surface area (Å²) in [5.74, 6) is 0.594. The van der Waals surface area contributed by atoms with Crippen LogP contribution in [-0.2, 0) is 20.0 Å². The van der Waals surface area contributed by atoms with E-state index < -0.39 is 0 Å². The lowest BCUT2D eigenvalue weighted by atomic mass is 10.1. The molecular weight excluding hydrogens is 359 g/mol. The number of nitrogens with one attached hydrogen (secondary N) is 2. The van der Waals surface area contributed by atoms with Crippen LogP contribution in [0.5, 0.6) is 0 Å². The van der Waals surface area contributed by atoms with Gasteiger partial charge in [-0.05, 0) is 42.2 Å². The molecule has 0 radical (unpaired) electrons. The summed E-state index contributed by atoms with van der Waals surface area (Å²) < 4.78 is 16.5. The summed E-state index contributed by atoms with van der Waals surface area (Å²) in [6, 6.07) is 7.26. The molecule has 0 bridgehead atoms. The Morgan fingerprint density at radius 3 is 2.78 bits per heavy atom. The number of hydrogen-bond donors (Lipinski definition) is 2. The first-order valence-corrected chi connectivity index (χ1v) is 8.37. The Balaban J connectivity index is 1.71. The van der Waals surface area contributed by atoms with E-state index in [1.807, 2.05) is 29.9 Å². The quantitative estimate of drug-likeness (QED) is 0.458. The Kier molecular flexibility index (Phi) is 6.65. The van der Waals surface area contributed by atoms with Crippen LogP contribution in [0, 0.1) is 5.82 Å². The summed E-state index contributed by atoms with van der Waals surface area (Å²) in [5.41, 5.74) is 1.94. The van der Waals surface area contributed by atoms with Crippen molar-refractivity contribution in [1.29, 1.82) is 0 Å². The number of aryl methyl sites for hydroxylation is 2. The number of halogens is 2. The third kappa shape index (κ3) is 5.71. The number of benzene rings is 1. The molecule has 0 saturated heterocycles. The molecule has 6 heteroatoms. The average molecular weight is 381 g/mol. The average Bonchev–Trinajstić information content (AvgIpc) is 2.94. The third-order valence-corrected chi connectivity index (χ3v) is 4.00. The van der Waals surface area contributed by atoms with Crippen molar-refractivity contribution in [2.75, 3.05) is 13.6 Å². The minimum absolute atomic E-state index is 0.161. The minimum atomic E-state index is -0.161. The molecule has 2 N–H and O–H groups in total. The molecule has 1 aromatic carbocycles. The fraction of sp³-hybridized carbons (Fsp3) is 0.353. The fourth-order valence-electron chi connectivity index (χ4n) is 2.28. The molecule has 124 valence electrons. The maximum absolute atomic E-state index is 13.7. The minimum Gasteiger partial charge on any atom is -0.357 e. The molecule has 0 atom stereocenters. The van der Waals surface area contributed by atoms with Crippen molar-refractivity contribution in [2.24, 2.45) is 12.0 Å². The van der Waals surface area contributed by atoms with Crippen LogP contribution in [0.1, 0.15) is 17.5 Å². The van der Waals surface area contributed by atoms with Gasteiger partial charge in [-0.25, -0.2) is 4.39 Å². The Morgan fingerprint density at radius 2 is 2.13 bits per heavy atom. The third-order valence-electron chi connectivity index (χ3n) is 3.51. The molecule has 4 nitrogen and oxygen atoms in total. The first kappa shape index (κ1) is 17.5. The summed E-state index contributed by atoms with van der Waals surface area (Å²) in [4.78, 5) is 4.19. The van der Waals surface area contributed by atoms with Gasteiger partial charge in [-0.3, -0.25) is 4.99 Å². The van der Waals surface area contributed by atoms with Crippen LogP contribution in [0.15, 0.2) is 46.1 Å². The maximum Gasteiger partial charge on any atom is 0.191 e. The van der Waals surface area contributed by atoms with Gasteiger partial charge >= 0.3 is 0 Å². The van der Waals surface area contributed by atoms with Gasteiger partial charge in [0.05, 0.1) is 0 Å². The van der Waals surface area contributed by atoms with E-state index >= 15 is 0 Å². The van der Waals surface area contributed by atoms with Gasteiger partial charge < -0.3 is 15.2 Å². The van der Waals surface area contributed by atoms with Crippen molar-refractivity contribution < 1.29 is 4.39 Å². The predicted molar refractivity (Wildman–Crippen MR) is 96.0 cm³/mol. The maximum atomic E-state index is 13.7. The van der Waals surface area contributed by atoms with Crippen molar-refractivity contribution in [2.45, 2.75) is 19.4 Å². The number of aliphatic imine (C=N–C) groups is 1. The highest BCUT2D eigenvalue weighted by Crippen LogP contribution is 2.16.